The second-order valence-corrected chi connectivity index (χ2v) is 9.17. The Morgan fingerprint density at radius 2 is 2.30 bits per heavy atom. The van der Waals surface area contributed by atoms with Crippen molar-refractivity contribution < 1.29 is 14.3 Å². The molecule has 7 nitrogen and oxygen atoms in total. The molecule has 1 saturated carbocycles. The van der Waals surface area contributed by atoms with Crippen LogP contribution in [0.2, 0.25) is 0 Å². The van der Waals surface area contributed by atoms with Crippen LogP contribution < -0.4 is 10.1 Å². The molecule has 1 N–H and O–H groups in total. The molecule has 3 atom stereocenters. The van der Waals surface area contributed by atoms with Gasteiger partial charge >= 0.3 is 0 Å². The zero-order valence-corrected chi connectivity index (χ0v) is 18.0. The van der Waals surface area contributed by atoms with E-state index in [0.29, 0.717) is 25.0 Å². The number of nitrogens with one attached hydrogen (secondary N) is 1. The van der Waals surface area contributed by atoms with Crippen LogP contribution in [0.3, 0.4) is 0 Å². The minimum Gasteiger partial charge on any atom is -0.493 e. The maximum absolute atomic E-state index is 13.3. The lowest BCUT2D eigenvalue weighted by Crippen LogP contribution is -2.36. The average Bonchev–Trinajstić information content (AvgIpc) is 3.29. The Morgan fingerprint density at radius 1 is 1.43 bits per heavy atom. The van der Waals surface area contributed by atoms with E-state index in [1.54, 1.807) is 7.11 Å². The molecule has 0 bridgehead atoms. The van der Waals surface area contributed by atoms with Crippen LogP contribution >= 0.6 is 0 Å². The van der Waals surface area contributed by atoms with Crippen molar-refractivity contribution >= 4 is 5.91 Å². The molecule has 5 rings (SSSR count). The summed E-state index contributed by atoms with van der Waals surface area (Å²) in [6.45, 7) is 6.31. The number of ether oxygens (including phenoxy) is 2. The highest BCUT2D eigenvalue weighted by molar-refractivity contribution is 5.85. The van der Waals surface area contributed by atoms with E-state index in [1.807, 2.05) is 4.68 Å². The molecule has 1 fully saturated rings. The number of aryl methyl sites for hydroxylation is 1. The van der Waals surface area contributed by atoms with Crippen molar-refractivity contribution in [2.45, 2.75) is 70.1 Å². The molecular weight excluding hydrogens is 380 g/mol. The number of aromatic nitrogens is 3. The van der Waals surface area contributed by atoms with Gasteiger partial charge in [0.2, 0.25) is 5.91 Å². The van der Waals surface area contributed by atoms with E-state index in [1.165, 1.54) is 11.1 Å². The van der Waals surface area contributed by atoms with Crippen molar-refractivity contribution in [3.63, 3.8) is 0 Å². The Morgan fingerprint density at radius 3 is 3.10 bits per heavy atom. The number of benzene rings is 1. The molecule has 1 spiro atoms. The maximum Gasteiger partial charge on any atom is 0.224 e. The number of carbonyl (C=O) groups is 1. The first-order chi connectivity index (χ1) is 14.5. The number of fused-ring (bicyclic) bond motifs is 3. The van der Waals surface area contributed by atoms with Crippen LogP contribution in [0.25, 0.3) is 0 Å². The van der Waals surface area contributed by atoms with Gasteiger partial charge < -0.3 is 14.8 Å². The Bertz CT molecular complexity index is 969. The highest BCUT2D eigenvalue weighted by Gasteiger charge is 2.61. The highest BCUT2D eigenvalue weighted by atomic mass is 16.5. The average molecular weight is 411 g/mol. The second kappa shape index (κ2) is 7.38. The summed E-state index contributed by atoms with van der Waals surface area (Å²) in [5.74, 6) is 3.06. The van der Waals surface area contributed by atoms with E-state index in [9.17, 15) is 4.79 Å². The molecule has 1 aromatic carbocycles. The monoisotopic (exact) mass is 410 g/mol. The molecule has 3 aliphatic rings. The summed E-state index contributed by atoms with van der Waals surface area (Å²) in [7, 11) is 1.64. The van der Waals surface area contributed by atoms with Crippen molar-refractivity contribution in [3.8, 4) is 5.75 Å². The summed E-state index contributed by atoms with van der Waals surface area (Å²) >= 11 is 0. The van der Waals surface area contributed by atoms with Crippen LogP contribution in [-0.4, -0.2) is 34.4 Å². The van der Waals surface area contributed by atoms with Gasteiger partial charge in [-0.15, -0.1) is 0 Å². The van der Waals surface area contributed by atoms with Gasteiger partial charge in [0.05, 0.1) is 12.6 Å². The minimum atomic E-state index is -0.0803. The van der Waals surface area contributed by atoms with Crippen molar-refractivity contribution in [2.75, 3.05) is 13.7 Å². The quantitative estimate of drug-likeness (QED) is 0.819. The molecule has 0 unspecified atom stereocenters. The van der Waals surface area contributed by atoms with Gasteiger partial charge in [0.25, 0.3) is 0 Å². The van der Waals surface area contributed by atoms with E-state index < -0.39 is 0 Å². The Kier molecular flexibility index (Phi) is 4.81. The molecule has 0 radical (unpaired) electrons. The summed E-state index contributed by atoms with van der Waals surface area (Å²) in [6, 6.07) is 6.41. The lowest BCUT2D eigenvalue weighted by Gasteiger charge is -2.29. The first-order valence-electron chi connectivity index (χ1n) is 11.0. The van der Waals surface area contributed by atoms with Crippen LogP contribution in [0.1, 0.15) is 74.3 Å². The van der Waals surface area contributed by atoms with Gasteiger partial charge in [0.1, 0.15) is 18.2 Å². The van der Waals surface area contributed by atoms with E-state index in [2.05, 4.69) is 47.4 Å². The van der Waals surface area contributed by atoms with Crippen molar-refractivity contribution in [2.24, 2.45) is 5.92 Å². The van der Waals surface area contributed by atoms with Gasteiger partial charge in [-0.1, -0.05) is 26.0 Å². The van der Waals surface area contributed by atoms with Crippen molar-refractivity contribution in [1.82, 2.24) is 20.1 Å². The Balaban J connectivity index is 1.35. The molecule has 30 heavy (non-hydrogen) atoms. The fourth-order valence-electron chi connectivity index (χ4n) is 5.12. The normalized spacial score (nSPS) is 26.8. The number of methoxy groups -OCH3 is 1. The predicted octanol–water partition coefficient (Wildman–Crippen LogP) is 3.24. The zero-order chi connectivity index (χ0) is 20.9. The van der Waals surface area contributed by atoms with E-state index in [0.717, 1.165) is 43.8 Å². The minimum absolute atomic E-state index is 0.000643. The van der Waals surface area contributed by atoms with E-state index in [4.69, 9.17) is 9.47 Å². The van der Waals surface area contributed by atoms with Gasteiger partial charge in [0, 0.05) is 30.6 Å². The standard InChI is InChI=1S/C23H30N4O3/c1-14(2)15-6-7-19-16(11-15)23(8-10-30-19)12-17(23)22(28)24-18-5-4-9-27-21(18)25-20(26-27)13-29-3/h6-7,11,14,17-18H,4-5,8-10,12-13H2,1-3H3,(H,24,28)/t17-,18-,23-/m0/s1. The SMILES string of the molecule is COCc1nc2n(n1)CCC[C@@H]2NC(=O)[C@@H]1C[C@]12CCOc1ccc(C(C)C)cc12. The summed E-state index contributed by atoms with van der Waals surface area (Å²) < 4.78 is 13.0. The Hall–Kier alpha value is -2.41. The maximum atomic E-state index is 13.3. The van der Waals surface area contributed by atoms with E-state index in [-0.39, 0.29) is 23.3 Å². The zero-order valence-electron chi connectivity index (χ0n) is 18.0. The number of rotatable bonds is 5. The lowest BCUT2D eigenvalue weighted by molar-refractivity contribution is -0.123. The van der Waals surface area contributed by atoms with Gasteiger partial charge in [-0.05, 0) is 43.2 Å². The van der Waals surface area contributed by atoms with Gasteiger partial charge in [-0.25, -0.2) is 9.67 Å². The van der Waals surface area contributed by atoms with Crippen LogP contribution in [0.4, 0.5) is 0 Å². The van der Waals surface area contributed by atoms with Gasteiger partial charge in [-0.2, -0.15) is 5.10 Å². The molecular formula is C23H30N4O3. The second-order valence-electron chi connectivity index (χ2n) is 9.17. The summed E-state index contributed by atoms with van der Waals surface area (Å²) in [4.78, 5) is 17.9. The van der Waals surface area contributed by atoms with Crippen molar-refractivity contribution in [3.05, 3.63) is 41.0 Å². The van der Waals surface area contributed by atoms with Crippen molar-refractivity contribution in [1.29, 1.82) is 0 Å². The molecule has 1 aromatic heterocycles. The molecule has 1 amide bonds. The summed E-state index contributed by atoms with van der Waals surface area (Å²) in [5, 5.41) is 7.80. The van der Waals surface area contributed by atoms with E-state index >= 15 is 0 Å². The number of nitrogens with zero attached hydrogens (tertiary/aromatic N) is 3. The largest absolute Gasteiger partial charge is 0.493 e. The third kappa shape index (κ3) is 3.20. The molecule has 7 heteroatoms. The van der Waals surface area contributed by atoms with Gasteiger partial charge in [0.15, 0.2) is 5.82 Å². The van der Waals surface area contributed by atoms with Crippen LogP contribution in [0, 0.1) is 5.92 Å². The fraction of sp³-hybridized carbons (Fsp3) is 0.609. The van der Waals surface area contributed by atoms with Crippen LogP contribution in [-0.2, 0) is 28.1 Å². The molecule has 2 aromatic rings. The molecule has 0 saturated heterocycles. The number of carbonyl (C=O) groups excluding carboxylic acids is 1. The molecule has 2 aliphatic heterocycles. The fourth-order valence-corrected chi connectivity index (χ4v) is 5.12. The molecule has 160 valence electrons. The molecule has 3 heterocycles. The lowest BCUT2D eigenvalue weighted by atomic mass is 9.85. The van der Waals surface area contributed by atoms with Crippen LogP contribution in [0.15, 0.2) is 18.2 Å². The predicted molar refractivity (Wildman–Crippen MR) is 111 cm³/mol. The highest BCUT2D eigenvalue weighted by Crippen LogP contribution is 2.61. The van der Waals surface area contributed by atoms with Gasteiger partial charge in [-0.3, -0.25) is 4.79 Å². The number of hydrogen-bond donors (Lipinski definition) is 1. The topological polar surface area (TPSA) is 78.3 Å². The third-order valence-electron chi connectivity index (χ3n) is 6.91. The first kappa shape index (κ1) is 19.5. The first-order valence-corrected chi connectivity index (χ1v) is 11.0. The summed E-state index contributed by atoms with van der Waals surface area (Å²) in [6.07, 6.45) is 3.68. The van der Waals surface area contributed by atoms with Crippen LogP contribution in [0.5, 0.6) is 5.75 Å². The summed E-state index contributed by atoms with van der Waals surface area (Å²) in [5.41, 5.74) is 2.44. The smallest absolute Gasteiger partial charge is 0.224 e. The third-order valence-corrected chi connectivity index (χ3v) is 6.91. The Labute approximate surface area is 177 Å². The number of hydrogen-bond acceptors (Lipinski definition) is 5. The molecule has 1 aliphatic carbocycles. The number of amides is 1.